The summed E-state index contributed by atoms with van der Waals surface area (Å²) in [5, 5.41) is 6.07. The van der Waals surface area contributed by atoms with Crippen molar-refractivity contribution in [2.75, 3.05) is 18.9 Å². The zero-order valence-electron chi connectivity index (χ0n) is 13.5. The van der Waals surface area contributed by atoms with Crippen molar-refractivity contribution in [3.05, 3.63) is 52.2 Å². The minimum atomic E-state index is -4.56. The van der Waals surface area contributed by atoms with Crippen LogP contribution in [0.5, 0.6) is 0 Å². The Labute approximate surface area is 147 Å². The Morgan fingerprint density at radius 1 is 1.20 bits per heavy atom. The van der Waals surface area contributed by atoms with Crippen molar-refractivity contribution in [1.82, 2.24) is 4.90 Å². The number of hydrogen-bond donors (Lipinski definition) is 1. The molecule has 0 saturated heterocycles. The van der Waals surface area contributed by atoms with Crippen LogP contribution in [0.25, 0.3) is 0 Å². The standard InChI is InChI=1S/C17H17F3N2O2S/c1-22(16(24)7-6-12-8-9-25-11-12)10-15(23)21-14-5-3-2-4-13(14)17(18,19)20/h2-5,8-9,11H,6-7,10H2,1H3,(H,21,23). The van der Waals surface area contributed by atoms with E-state index in [0.717, 1.165) is 11.6 Å². The highest BCUT2D eigenvalue weighted by Crippen LogP contribution is 2.34. The Balaban J connectivity index is 1.90. The predicted octanol–water partition coefficient (Wildman–Crippen LogP) is 3.80. The van der Waals surface area contributed by atoms with E-state index < -0.39 is 17.6 Å². The van der Waals surface area contributed by atoms with E-state index in [-0.39, 0.29) is 24.6 Å². The van der Waals surface area contributed by atoms with Crippen LogP contribution in [0.15, 0.2) is 41.1 Å². The molecule has 0 unspecified atom stereocenters. The van der Waals surface area contributed by atoms with E-state index in [4.69, 9.17) is 0 Å². The van der Waals surface area contributed by atoms with Gasteiger partial charge in [-0.2, -0.15) is 24.5 Å². The summed E-state index contributed by atoms with van der Waals surface area (Å²) in [6.07, 6.45) is -3.77. The van der Waals surface area contributed by atoms with Crippen LogP contribution in [0.2, 0.25) is 0 Å². The molecule has 2 amide bonds. The van der Waals surface area contributed by atoms with Gasteiger partial charge in [0.25, 0.3) is 0 Å². The highest BCUT2D eigenvalue weighted by Gasteiger charge is 2.33. The Morgan fingerprint density at radius 2 is 1.92 bits per heavy atom. The number of halogens is 3. The monoisotopic (exact) mass is 370 g/mol. The molecule has 0 aliphatic heterocycles. The highest BCUT2D eigenvalue weighted by atomic mass is 32.1. The lowest BCUT2D eigenvalue weighted by molar-refractivity contribution is -0.137. The number of hydrogen-bond acceptors (Lipinski definition) is 3. The number of nitrogens with zero attached hydrogens (tertiary/aromatic N) is 1. The number of carbonyl (C=O) groups is 2. The smallest absolute Gasteiger partial charge is 0.336 e. The summed E-state index contributed by atoms with van der Waals surface area (Å²) in [6, 6.07) is 6.64. The lowest BCUT2D eigenvalue weighted by Crippen LogP contribution is -2.35. The summed E-state index contributed by atoms with van der Waals surface area (Å²) in [6.45, 7) is -0.311. The predicted molar refractivity (Wildman–Crippen MR) is 90.4 cm³/mol. The van der Waals surface area contributed by atoms with Gasteiger partial charge in [0.1, 0.15) is 0 Å². The van der Waals surface area contributed by atoms with Gasteiger partial charge in [0, 0.05) is 13.5 Å². The summed E-state index contributed by atoms with van der Waals surface area (Å²) in [5.74, 6) is -0.923. The molecule has 25 heavy (non-hydrogen) atoms. The summed E-state index contributed by atoms with van der Waals surface area (Å²) in [4.78, 5) is 25.2. The second-order valence-corrected chi connectivity index (χ2v) is 6.25. The van der Waals surface area contributed by atoms with Gasteiger partial charge in [0.15, 0.2) is 0 Å². The second kappa shape index (κ2) is 8.15. The molecule has 0 radical (unpaired) electrons. The Morgan fingerprint density at radius 3 is 2.56 bits per heavy atom. The molecule has 1 N–H and O–H groups in total. The van der Waals surface area contributed by atoms with E-state index in [0.29, 0.717) is 6.42 Å². The molecule has 2 rings (SSSR count). The van der Waals surface area contributed by atoms with Crippen LogP contribution >= 0.6 is 11.3 Å². The molecule has 0 bridgehead atoms. The maximum atomic E-state index is 12.9. The van der Waals surface area contributed by atoms with Crippen LogP contribution in [0, 0.1) is 0 Å². The molecule has 0 aliphatic rings. The molecule has 0 atom stereocenters. The number of para-hydroxylation sites is 1. The van der Waals surface area contributed by atoms with Gasteiger partial charge in [-0.05, 0) is 40.9 Å². The summed E-state index contributed by atoms with van der Waals surface area (Å²) >= 11 is 1.53. The molecule has 8 heteroatoms. The summed E-state index contributed by atoms with van der Waals surface area (Å²) < 4.78 is 38.7. The van der Waals surface area contributed by atoms with E-state index in [2.05, 4.69) is 5.32 Å². The van der Waals surface area contributed by atoms with E-state index in [1.807, 2.05) is 16.8 Å². The molecule has 0 fully saturated rings. The Hall–Kier alpha value is -2.35. The molecule has 1 aromatic carbocycles. The molecule has 2 aromatic rings. The Kier molecular flexibility index (Phi) is 6.19. The molecule has 1 aromatic heterocycles. The lowest BCUT2D eigenvalue weighted by Gasteiger charge is -2.18. The number of nitrogens with one attached hydrogen (secondary N) is 1. The highest BCUT2D eigenvalue weighted by molar-refractivity contribution is 7.07. The number of likely N-dealkylation sites (N-methyl/N-ethyl adjacent to an activating group) is 1. The number of anilines is 1. The number of thiophene rings is 1. The molecule has 134 valence electrons. The first-order valence-electron chi connectivity index (χ1n) is 7.48. The molecular formula is C17H17F3N2O2S. The first-order valence-corrected chi connectivity index (χ1v) is 8.43. The van der Waals surface area contributed by atoms with Crippen LogP contribution in [-0.4, -0.2) is 30.3 Å². The first kappa shape index (κ1) is 19.0. The van der Waals surface area contributed by atoms with E-state index in [1.165, 1.54) is 41.5 Å². The third kappa shape index (κ3) is 5.60. The van der Waals surface area contributed by atoms with Crippen LogP contribution in [0.4, 0.5) is 18.9 Å². The van der Waals surface area contributed by atoms with Crippen molar-refractivity contribution in [3.63, 3.8) is 0 Å². The third-order valence-electron chi connectivity index (χ3n) is 3.52. The van der Waals surface area contributed by atoms with Gasteiger partial charge in [-0.25, -0.2) is 0 Å². The largest absolute Gasteiger partial charge is 0.418 e. The SMILES string of the molecule is CN(CC(=O)Nc1ccccc1C(F)(F)F)C(=O)CCc1ccsc1. The van der Waals surface area contributed by atoms with Gasteiger partial charge in [-0.3, -0.25) is 9.59 Å². The number of alkyl halides is 3. The van der Waals surface area contributed by atoms with E-state index in [9.17, 15) is 22.8 Å². The average Bonchev–Trinajstić information content (AvgIpc) is 3.05. The van der Waals surface area contributed by atoms with Crippen molar-refractivity contribution in [3.8, 4) is 0 Å². The molecule has 0 spiro atoms. The maximum absolute atomic E-state index is 12.9. The molecule has 0 aliphatic carbocycles. The summed E-state index contributed by atoms with van der Waals surface area (Å²) in [7, 11) is 1.45. The minimum absolute atomic E-state index is 0.236. The zero-order valence-corrected chi connectivity index (χ0v) is 14.3. The zero-order chi connectivity index (χ0) is 18.4. The van der Waals surface area contributed by atoms with Gasteiger partial charge < -0.3 is 10.2 Å². The van der Waals surface area contributed by atoms with Crippen molar-refractivity contribution in [1.29, 1.82) is 0 Å². The molecule has 4 nitrogen and oxygen atoms in total. The fourth-order valence-electron chi connectivity index (χ4n) is 2.21. The van der Waals surface area contributed by atoms with Gasteiger partial charge in [-0.15, -0.1) is 0 Å². The number of carbonyl (C=O) groups excluding carboxylic acids is 2. The lowest BCUT2D eigenvalue weighted by atomic mass is 10.1. The number of amides is 2. The van der Waals surface area contributed by atoms with Crippen molar-refractivity contribution >= 4 is 28.8 Å². The third-order valence-corrected chi connectivity index (χ3v) is 4.25. The van der Waals surface area contributed by atoms with Crippen LogP contribution in [0.1, 0.15) is 17.5 Å². The molecule has 1 heterocycles. The maximum Gasteiger partial charge on any atom is 0.418 e. The van der Waals surface area contributed by atoms with Crippen LogP contribution < -0.4 is 5.32 Å². The van der Waals surface area contributed by atoms with Gasteiger partial charge in [0.2, 0.25) is 11.8 Å². The van der Waals surface area contributed by atoms with Gasteiger partial charge in [0.05, 0.1) is 17.8 Å². The second-order valence-electron chi connectivity index (χ2n) is 5.47. The fourth-order valence-corrected chi connectivity index (χ4v) is 2.91. The number of rotatable bonds is 6. The van der Waals surface area contributed by atoms with Crippen molar-refractivity contribution in [2.45, 2.75) is 19.0 Å². The van der Waals surface area contributed by atoms with Crippen molar-refractivity contribution in [2.24, 2.45) is 0 Å². The van der Waals surface area contributed by atoms with Gasteiger partial charge in [-0.1, -0.05) is 12.1 Å². The average molecular weight is 370 g/mol. The topological polar surface area (TPSA) is 49.4 Å². The van der Waals surface area contributed by atoms with E-state index >= 15 is 0 Å². The van der Waals surface area contributed by atoms with Gasteiger partial charge >= 0.3 is 6.18 Å². The van der Waals surface area contributed by atoms with Crippen LogP contribution in [0.3, 0.4) is 0 Å². The fraction of sp³-hybridized carbons (Fsp3) is 0.294. The van der Waals surface area contributed by atoms with Crippen molar-refractivity contribution < 1.29 is 22.8 Å². The number of aryl methyl sites for hydroxylation is 1. The van der Waals surface area contributed by atoms with E-state index in [1.54, 1.807) is 0 Å². The first-order chi connectivity index (χ1) is 11.8. The minimum Gasteiger partial charge on any atom is -0.336 e. The summed E-state index contributed by atoms with van der Waals surface area (Å²) in [5.41, 5.74) is -0.204. The molecular weight excluding hydrogens is 353 g/mol. The quantitative estimate of drug-likeness (QED) is 0.841. The number of benzene rings is 1. The molecule has 0 saturated carbocycles. The normalized spacial score (nSPS) is 11.2. The van der Waals surface area contributed by atoms with Crippen LogP contribution in [-0.2, 0) is 22.2 Å². The Bertz CT molecular complexity index is 730.